The summed E-state index contributed by atoms with van der Waals surface area (Å²) >= 11 is 0. The molecule has 0 aromatic carbocycles. The quantitative estimate of drug-likeness (QED) is 0.0568. The maximum atomic E-state index is 11.8. The lowest BCUT2D eigenvalue weighted by Gasteiger charge is -2.20. The number of unbranched alkanes of at least 4 members (excludes halogenated alkanes) is 5. The molecule has 0 aliphatic heterocycles. The molecule has 0 fully saturated rings. The van der Waals surface area contributed by atoms with Crippen molar-refractivity contribution in [2.24, 2.45) is 16.7 Å². The largest absolute Gasteiger partial charge is 0.481 e. The van der Waals surface area contributed by atoms with Gasteiger partial charge in [0.05, 0.1) is 37.2 Å². The van der Waals surface area contributed by atoms with Gasteiger partial charge in [-0.2, -0.15) is 0 Å². The Kier molecular flexibility index (Phi) is 26.8. The Balaban J connectivity index is 0. The fraction of sp³-hybridized carbons (Fsp3) is 0.857. The van der Waals surface area contributed by atoms with Gasteiger partial charge in [0.1, 0.15) is 6.61 Å². The molecule has 0 rings (SSSR count). The highest BCUT2D eigenvalue weighted by Gasteiger charge is 2.27. The van der Waals surface area contributed by atoms with Crippen molar-refractivity contribution < 1.29 is 48.0 Å². The summed E-state index contributed by atoms with van der Waals surface area (Å²) in [6, 6.07) is 0. The zero-order valence-electron chi connectivity index (χ0n) is 30.1. The van der Waals surface area contributed by atoms with Crippen molar-refractivity contribution >= 4 is 30.0 Å². The lowest BCUT2D eigenvalue weighted by atomic mass is 9.91. The van der Waals surface area contributed by atoms with Crippen LogP contribution >= 0.6 is 0 Å². The minimum absolute atomic E-state index is 0.122. The van der Waals surface area contributed by atoms with E-state index in [4.69, 9.17) is 24.1 Å². The smallest absolute Gasteiger partial charge is 0.407 e. The third-order valence-electron chi connectivity index (χ3n) is 8.03. The molecular weight excluding hydrogens is 594 g/mol. The lowest BCUT2D eigenvalue weighted by molar-refractivity contribution is -0.154. The van der Waals surface area contributed by atoms with Crippen molar-refractivity contribution in [3.05, 3.63) is 0 Å². The summed E-state index contributed by atoms with van der Waals surface area (Å²) in [6.45, 7) is 17.1. The van der Waals surface area contributed by atoms with Crippen molar-refractivity contribution in [1.29, 1.82) is 0 Å². The van der Waals surface area contributed by atoms with Crippen molar-refractivity contribution in [3.63, 3.8) is 0 Å². The Morgan fingerprint density at radius 2 is 1.17 bits per heavy atom. The minimum atomic E-state index is -0.774. The number of rotatable bonds is 25. The molecule has 0 aromatic rings. The number of carbonyl (C=O) groups is 5. The number of amides is 1. The molecule has 1 amide bonds. The number of alkyl carbamates (subject to hydrolysis) is 1. The SMILES string of the molecule is CCC(C)(C)C(=O)OCCCCCC(=O)O.CCCCC(CC)COC(=O)CCCCCOC(=O)NCCOC(=O)C(C)(C)CC. The van der Waals surface area contributed by atoms with E-state index < -0.39 is 22.9 Å². The Morgan fingerprint density at radius 3 is 1.67 bits per heavy atom. The highest BCUT2D eigenvalue weighted by Crippen LogP contribution is 2.22. The Hall–Kier alpha value is -2.85. The summed E-state index contributed by atoms with van der Waals surface area (Å²) in [5, 5.41) is 11.0. The van der Waals surface area contributed by atoms with Crippen LogP contribution in [0, 0.1) is 16.7 Å². The van der Waals surface area contributed by atoms with E-state index >= 15 is 0 Å². The summed E-state index contributed by atoms with van der Waals surface area (Å²) in [7, 11) is 0. The molecule has 1 atom stereocenters. The van der Waals surface area contributed by atoms with E-state index in [1.807, 2.05) is 41.5 Å². The van der Waals surface area contributed by atoms with Crippen LogP contribution in [0.1, 0.15) is 145 Å². The van der Waals surface area contributed by atoms with Crippen LogP contribution in [0.15, 0.2) is 0 Å². The Morgan fingerprint density at radius 1 is 0.652 bits per heavy atom. The first-order valence-electron chi connectivity index (χ1n) is 17.3. The predicted molar refractivity (Wildman–Crippen MR) is 178 cm³/mol. The number of hydrogen-bond donors (Lipinski definition) is 2. The van der Waals surface area contributed by atoms with Gasteiger partial charge in [0, 0.05) is 12.8 Å². The standard InChI is InChI=1S/C23H43NO6.C12H22O4/c1-6-9-13-19(7-2)18-30-20(25)14-11-10-12-16-29-22(27)24-15-17-28-21(26)23(4,5)8-3;1-4-12(2,3)11(15)16-9-7-5-6-8-10(13)14/h19H,6-18H2,1-5H3,(H,24,27);4-9H2,1-3H3,(H,13,14). The molecule has 1 unspecified atom stereocenters. The van der Waals surface area contributed by atoms with E-state index in [0.29, 0.717) is 51.4 Å². The van der Waals surface area contributed by atoms with Gasteiger partial charge in [-0.25, -0.2) is 4.79 Å². The maximum absolute atomic E-state index is 11.8. The van der Waals surface area contributed by atoms with E-state index in [1.54, 1.807) is 0 Å². The summed E-state index contributed by atoms with van der Waals surface area (Å²) in [6.07, 6.45) is 10.3. The van der Waals surface area contributed by atoms with E-state index in [1.165, 1.54) is 6.42 Å². The number of hydrogen-bond acceptors (Lipinski definition) is 9. The van der Waals surface area contributed by atoms with Gasteiger partial charge in [0.25, 0.3) is 0 Å². The van der Waals surface area contributed by atoms with Crippen LogP contribution in [0.25, 0.3) is 0 Å². The maximum Gasteiger partial charge on any atom is 0.407 e. The van der Waals surface area contributed by atoms with Gasteiger partial charge < -0.3 is 29.4 Å². The van der Waals surface area contributed by atoms with Crippen LogP contribution in [0.2, 0.25) is 0 Å². The minimum Gasteiger partial charge on any atom is -0.481 e. The normalized spacial score (nSPS) is 11.8. The number of esters is 3. The van der Waals surface area contributed by atoms with E-state index in [9.17, 15) is 24.0 Å². The second-order valence-corrected chi connectivity index (χ2v) is 12.9. The molecule has 0 saturated carbocycles. The van der Waals surface area contributed by atoms with E-state index in [-0.39, 0.29) is 37.5 Å². The Labute approximate surface area is 278 Å². The fourth-order valence-electron chi connectivity index (χ4n) is 3.64. The third kappa shape index (κ3) is 25.4. The highest BCUT2D eigenvalue weighted by molar-refractivity contribution is 5.76. The summed E-state index contributed by atoms with van der Waals surface area (Å²) in [4.78, 5) is 56.9. The molecule has 0 spiro atoms. The number of nitrogens with one attached hydrogen (secondary N) is 1. The van der Waals surface area contributed by atoms with Crippen molar-refractivity contribution in [1.82, 2.24) is 5.32 Å². The molecule has 46 heavy (non-hydrogen) atoms. The third-order valence-corrected chi connectivity index (χ3v) is 8.03. The lowest BCUT2D eigenvalue weighted by Crippen LogP contribution is -2.32. The molecule has 0 saturated heterocycles. The monoisotopic (exact) mass is 659 g/mol. The van der Waals surface area contributed by atoms with Crippen LogP contribution in [-0.4, -0.2) is 68.0 Å². The average molecular weight is 660 g/mol. The first-order valence-corrected chi connectivity index (χ1v) is 17.3. The fourth-order valence-corrected chi connectivity index (χ4v) is 3.64. The zero-order chi connectivity index (χ0) is 35.4. The van der Waals surface area contributed by atoms with Crippen molar-refractivity contribution in [3.8, 4) is 0 Å². The van der Waals surface area contributed by atoms with Crippen LogP contribution in [0.4, 0.5) is 4.79 Å². The molecule has 11 heteroatoms. The first kappa shape index (κ1) is 45.3. The van der Waals surface area contributed by atoms with Gasteiger partial charge in [-0.1, -0.05) is 47.0 Å². The van der Waals surface area contributed by atoms with Gasteiger partial charge in [-0.05, 0) is 91.4 Å². The molecule has 0 aliphatic carbocycles. The van der Waals surface area contributed by atoms with Crippen LogP contribution in [0.3, 0.4) is 0 Å². The predicted octanol–water partition coefficient (Wildman–Crippen LogP) is 7.62. The van der Waals surface area contributed by atoms with Gasteiger partial charge in [0.2, 0.25) is 0 Å². The molecule has 270 valence electrons. The number of carboxylic acid groups (broad SMARTS) is 1. The first-order chi connectivity index (χ1) is 21.7. The van der Waals surface area contributed by atoms with Gasteiger partial charge in [0.15, 0.2) is 0 Å². The van der Waals surface area contributed by atoms with E-state index in [2.05, 4.69) is 19.2 Å². The molecule has 11 nitrogen and oxygen atoms in total. The average Bonchev–Trinajstić information content (AvgIpc) is 3.02. The molecule has 0 aliphatic rings. The molecular formula is C35H65NO10. The topological polar surface area (TPSA) is 155 Å². The second-order valence-electron chi connectivity index (χ2n) is 12.9. The zero-order valence-corrected chi connectivity index (χ0v) is 30.1. The van der Waals surface area contributed by atoms with Gasteiger partial charge >= 0.3 is 30.0 Å². The molecule has 0 radical (unpaired) electrons. The number of aliphatic carboxylic acids is 1. The van der Waals surface area contributed by atoms with Crippen LogP contribution in [0.5, 0.6) is 0 Å². The second kappa shape index (κ2) is 27.3. The van der Waals surface area contributed by atoms with Crippen molar-refractivity contribution in [2.75, 3.05) is 33.0 Å². The molecule has 0 bridgehead atoms. The molecule has 0 aromatic heterocycles. The van der Waals surface area contributed by atoms with Gasteiger partial charge in [-0.15, -0.1) is 0 Å². The number of carbonyl (C=O) groups excluding carboxylic acids is 4. The number of ether oxygens (including phenoxy) is 4. The Bertz CT molecular complexity index is 856. The van der Waals surface area contributed by atoms with Crippen LogP contribution in [-0.2, 0) is 38.1 Å². The summed E-state index contributed by atoms with van der Waals surface area (Å²) in [5.41, 5.74) is -0.930. The molecule has 2 N–H and O–H groups in total. The molecule has 0 heterocycles. The van der Waals surface area contributed by atoms with Gasteiger partial charge in [-0.3, -0.25) is 19.2 Å². The van der Waals surface area contributed by atoms with Crippen LogP contribution < -0.4 is 5.32 Å². The van der Waals surface area contributed by atoms with E-state index in [0.717, 1.165) is 51.4 Å². The van der Waals surface area contributed by atoms with Crippen molar-refractivity contribution in [2.45, 2.75) is 145 Å². The summed E-state index contributed by atoms with van der Waals surface area (Å²) in [5.74, 6) is -0.908. The summed E-state index contributed by atoms with van der Waals surface area (Å²) < 4.78 is 20.7. The number of carboxylic acids is 1. The highest BCUT2D eigenvalue weighted by atomic mass is 16.6.